The van der Waals surface area contributed by atoms with Crippen LogP contribution in [0, 0.1) is 11.7 Å². The van der Waals surface area contributed by atoms with Crippen LogP contribution in [-0.4, -0.2) is 26.9 Å². The lowest BCUT2D eigenvalue weighted by Gasteiger charge is -2.22. The molecule has 1 aromatic rings. The molecule has 1 fully saturated rings. The molecule has 1 aliphatic heterocycles. The van der Waals surface area contributed by atoms with Crippen LogP contribution in [0.4, 0.5) is 4.39 Å². The van der Waals surface area contributed by atoms with Crippen LogP contribution < -0.4 is 10.1 Å². The Morgan fingerprint density at radius 1 is 1.39 bits per heavy atom. The quantitative estimate of drug-likeness (QED) is 0.873. The Kier molecular flexibility index (Phi) is 4.96. The van der Waals surface area contributed by atoms with Crippen molar-refractivity contribution < 1.29 is 13.9 Å². The summed E-state index contributed by atoms with van der Waals surface area (Å²) in [6, 6.07) is 4.68. The third kappa shape index (κ3) is 3.68. The van der Waals surface area contributed by atoms with Gasteiger partial charge in [-0.1, -0.05) is 0 Å². The summed E-state index contributed by atoms with van der Waals surface area (Å²) >= 11 is 0. The second kappa shape index (κ2) is 6.71. The van der Waals surface area contributed by atoms with Gasteiger partial charge in [-0.2, -0.15) is 0 Å². The molecule has 0 atom stereocenters. The summed E-state index contributed by atoms with van der Waals surface area (Å²) in [5.41, 5.74) is 0.865. The van der Waals surface area contributed by atoms with Crippen LogP contribution in [0.15, 0.2) is 18.2 Å². The van der Waals surface area contributed by atoms with Crippen molar-refractivity contribution in [1.29, 1.82) is 0 Å². The molecule has 0 radical (unpaired) electrons. The molecule has 0 amide bonds. The Morgan fingerprint density at radius 3 is 2.89 bits per heavy atom. The third-order valence-corrected chi connectivity index (χ3v) is 3.21. The molecule has 4 heteroatoms. The maximum atomic E-state index is 13.2. The van der Waals surface area contributed by atoms with E-state index in [4.69, 9.17) is 9.47 Å². The Balaban J connectivity index is 1.94. The average Bonchev–Trinajstić information content (AvgIpc) is 2.39. The molecule has 1 heterocycles. The molecule has 2 rings (SSSR count). The zero-order valence-corrected chi connectivity index (χ0v) is 10.7. The van der Waals surface area contributed by atoms with Gasteiger partial charge in [-0.3, -0.25) is 0 Å². The van der Waals surface area contributed by atoms with E-state index in [-0.39, 0.29) is 5.82 Å². The van der Waals surface area contributed by atoms with E-state index < -0.39 is 0 Å². The number of rotatable bonds is 5. The van der Waals surface area contributed by atoms with Gasteiger partial charge in [0.05, 0.1) is 6.61 Å². The first-order valence-corrected chi connectivity index (χ1v) is 6.43. The highest BCUT2D eigenvalue weighted by molar-refractivity contribution is 5.33. The average molecular weight is 253 g/mol. The van der Waals surface area contributed by atoms with Gasteiger partial charge in [0, 0.05) is 25.3 Å². The zero-order chi connectivity index (χ0) is 12.8. The number of hydrogen-bond donors (Lipinski definition) is 1. The van der Waals surface area contributed by atoms with Crippen LogP contribution in [0.2, 0.25) is 0 Å². The molecule has 100 valence electrons. The van der Waals surface area contributed by atoms with Crippen LogP contribution in [0.5, 0.6) is 5.75 Å². The van der Waals surface area contributed by atoms with Crippen molar-refractivity contribution in [2.24, 2.45) is 5.92 Å². The zero-order valence-electron chi connectivity index (χ0n) is 10.7. The lowest BCUT2D eigenvalue weighted by atomic mass is 10.0. The standard InChI is InChI=1S/C14H20FNO2/c1-16-9-12-8-13(15)2-3-14(12)18-10-11-4-6-17-7-5-11/h2-3,8,11,16H,4-7,9-10H2,1H3. The minimum absolute atomic E-state index is 0.223. The molecule has 0 saturated carbocycles. The summed E-state index contributed by atoms with van der Waals surface area (Å²) in [6.45, 7) is 2.94. The molecule has 0 bridgehead atoms. The van der Waals surface area contributed by atoms with Gasteiger partial charge in [-0.15, -0.1) is 0 Å². The number of nitrogens with one attached hydrogen (secondary N) is 1. The van der Waals surface area contributed by atoms with Crippen LogP contribution in [-0.2, 0) is 11.3 Å². The number of ether oxygens (including phenoxy) is 2. The van der Waals surface area contributed by atoms with Gasteiger partial charge in [0.1, 0.15) is 11.6 Å². The van der Waals surface area contributed by atoms with Gasteiger partial charge in [0.15, 0.2) is 0 Å². The van der Waals surface area contributed by atoms with Crippen LogP contribution in [0.3, 0.4) is 0 Å². The summed E-state index contributed by atoms with van der Waals surface area (Å²) in [5, 5.41) is 3.02. The van der Waals surface area contributed by atoms with Crippen molar-refractivity contribution in [1.82, 2.24) is 5.32 Å². The predicted molar refractivity (Wildman–Crippen MR) is 68.2 cm³/mol. The summed E-state index contributed by atoms with van der Waals surface area (Å²) in [5.74, 6) is 1.10. The van der Waals surface area contributed by atoms with E-state index in [2.05, 4.69) is 5.32 Å². The van der Waals surface area contributed by atoms with Crippen LogP contribution >= 0.6 is 0 Å². The minimum atomic E-state index is -0.223. The normalized spacial score (nSPS) is 16.8. The third-order valence-electron chi connectivity index (χ3n) is 3.21. The van der Waals surface area contributed by atoms with E-state index in [0.717, 1.165) is 37.4 Å². The molecule has 0 unspecified atom stereocenters. The van der Waals surface area contributed by atoms with E-state index in [9.17, 15) is 4.39 Å². The van der Waals surface area contributed by atoms with Gasteiger partial charge in [-0.05, 0) is 44.0 Å². The van der Waals surface area contributed by atoms with Gasteiger partial charge in [0.25, 0.3) is 0 Å². The van der Waals surface area contributed by atoms with Gasteiger partial charge in [0.2, 0.25) is 0 Å². The molecule has 0 spiro atoms. The Labute approximate surface area is 107 Å². The highest BCUT2D eigenvalue weighted by Gasteiger charge is 2.15. The summed E-state index contributed by atoms with van der Waals surface area (Å²) in [4.78, 5) is 0. The molecule has 1 N–H and O–H groups in total. The number of halogens is 1. The van der Waals surface area contributed by atoms with Gasteiger partial charge < -0.3 is 14.8 Å². The highest BCUT2D eigenvalue weighted by Crippen LogP contribution is 2.22. The molecule has 1 saturated heterocycles. The highest BCUT2D eigenvalue weighted by atomic mass is 19.1. The molecule has 3 nitrogen and oxygen atoms in total. The summed E-state index contributed by atoms with van der Waals surface area (Å²) in [6.07, 6.45) is 2.09. The first-order chi connectivity index (χ1) is 8.79. The Hall–Kier alpha value is -1.13. The monoisotopic (exact) mass is 253 g/mol. The molecule has 18 heavy (non-hydrogen) atoms. The van der Waals surface area contributed by atoms with Gasteiger partial charge in [-0.25, -0.2) is 4.39 Å². The molecule has 1 aromatic carbocycles. The molecule has 1 aliphatic rings. The van der Waals surface area contributed by atoms with E-state index in [1.807, 2.05) is 7.05 Å². The van der Waals surface area contributed by atoms with Crippen molar-refractivity contribution in [3.63, 3.8) is 0 Å². The maximum Gasteiger partial charge on any atom is 0.123 e. The second-order valence-corrected chi connectivity index (χ2v) is 4.65. The molecule has 0 aromatic heterocycles. The lowest BCUT2D eigenvalue weighted by molar-refractivity contribution is 0.0496. The van der Waals surface area contributed by atoms with Crippen LogP contribution in [0.25, 0.3) is 0 Å². The van der Waals surface area contributed by atoms with Gasteiger partial charge >= 0.3 is 0 Å². The van der Waals surface area contributed by atoms with Crippen LogP contribution in [0.1, 0.15) is 18.4 Å². The van der Waals surface area contributed by atoms with Crippen molar-refractivity contribution >= 4 is 0 Å². The fourth-order valence-electron chi connectivity index (χ4n) is 2.14. The molecule has 0 aliphatic carbocycles. The largest absolute Gasteiger partial charge is 0.493 e. The fraction of sp³-hybridized carbons (Fsp3) is 0.571. The van der Waals surface area contributed by atoms with E-state index in [1.165, 1.54) is 12.1 Å². The fourth-order valence-corrected chi connectivity index (χ4v) is 2.14. The second-order valence-electron chi connectivity index (χ2n) is 4.65. The van der Waals surface area contributed by atoms with E-state index >= 15 is 0 Å². The molecular weight excluding hydrogens is 233 g/mol. The first kappa shape index (κ1) is 13.3. The SMILES string of the molecule is CNCc1cc(F)ccc1OCC1CCOCC1. The van der Waals surface area contributed by atoms with Crippen molar-refractivity contribution in [3.8, 4) is 5.75 Å². The predicted octanol–water partition coefficient (Wildman–Crippen LogP) is 2.35. The maximum absolute atomic E-state index is 13.2. The summed E-state index contributed by atoms with van der Waals surface area (Å²) < 4.78 is 24.3. The number of hydrogen-bond acceptors (Lipinski definition) is 3. The number of benzene rings is 1. The first-order valence-electron chi connectivity index (χ1n) is 6.43. The topological polar surface area (TPSA) is 30.5 Å². The van der Waals surface area contributed by atoms with E-state index in [0.29, 0.717) is 19.1 Å². The Morgan fingerprint density at radius 2 is 2.17 bits per heavy atom. The van der Waals surface area contributed by atoms with Crippen molar-refractivity contribution in [2.45, 2.75) is 19.4 Å². The molecular formula is C14H20FNO2. The Bertz CT molecular complexity index is 378. The van der Waals surface area contributed by atoms with Crippen molar-refractivity contribution in [2.75, 3.05) is 26.9 Å². The summed E-state index contributed by atoms with van der Waals surface area (Å²) in [7, 11) is 1.84. The lowest BCUT2D eigenvalue weighted by Crippen LogP contribution is -2.22. The smallest absolute Gasteiger partial charge is 0.123 e. The van der Waals surface area contributed by atoms with Crippen molar-refractivity contribution in [3.05, 3.63) is 29.6 Å². The van der Waals surface area contributed by atoms with E-state index in [1.54, 1.807) is 6.07 Å². The minimum Gasteiger partial charge on any atom is -0.493 e.